The third-order valence-electron chi connectivity index (χ3n) is 2.54. The molecular formula is C13H14O3. The van der Waals surface area contributed by atoms with Crippen molar-refractivity contribution in [2.45, 2.75) is 19.8 Å². The van der Waals surface area contributed by atoms with E-state index < -0.39 is 0 Å². The summed E-state index contributed by atoms with van der Waals surface area (Å²) in [6.45, 7) is 1.91. The van der Waals surface area contributed by atoms with E-state index in [9.17, 15) is 4.79 Å². The molecule has 0 aliphatic carbocycles. The average molecular weight is 218 g/mol. The molecule has 0 spiro atoms. The minimum Gasteiger partial charge on any atom is -0.493 e. The van der Waals surface area contributed by atoms with Crippen LogP contribution in [0.5, 0.6) is 5.75 Å². The first-order valence-corrected chi connectivity index (χ1v) is 5.25. The quantitative estimate of drug-likeness (QED) is 0.741. The van der Waals surface area contributed by atoms with Crippen molar-refractivity contribution in [3.8, 4) is 5.75 Å². The Morgan fingerprint density at radius 1 is 1.38 bits per heavy atom. The maximum atomic E-state index is 10.4. The summed E-state index contributed by atoms with van der Waals surface area (Å²) in [5, 5.41) is 1.03. The molecule has 0 fully saturated rings. The van der Waals surface area contributed by atoms with Crippen LogP contribution in [-0.4, -0.2) is 13.4 Å². The van der Waals surface area contributed by atoms with Gasteiger partial charge in [0.15, 0.2) is 11.3 Å². The monoisotopic (exact) mass is 218 g/mol. The summed E-state index contributed by atoms with van der Waals surface area (Å²) in [6, 6.07) is 5.94. The lowest BCUT2D eigenvalue weighted by Gasteiger charge is -2.04. The summed E-state index contributed by atoms with van der Waals surface area (Å²) in [5.41, 5.74) is 1.87. The predicted octanol–water partition coefficient (Wildman–Crippen LogP) is 2.88. The highest BCUT2D eigenvalue weighted by Crippen LogP contribution is 2.30. The molecule has 1 aromatic carbocycles. The molecule has 0 saturated heterocycles. The molecule has 16 heavy (non-hydrogen) atoms. The normalized spacial score (nSPS) is 10.6. The van der Waals surface area contributed by atoms with Crippen LogP contribution in [0.3, 0.4) is 0 Å². The number of carbonyl (C=O) groups is 1. The highest BCUT2D eigenvalue weighted by atomic mass is 16.5. The SMILES string of the molecule is COc1cc(CCC=O)cc2cc(C)oc12. The zero-order valence-electron chi connectivity index (χ0n) is 9.45. The third-order valence-corrected chi connectivity index (χ3v) is 2.54. The van der Waals surface area contributed by atoms with Gasteiger partial charge < -0.3 is 13.9 Å². The van der Waals surface area contributed by atoms with Crippen molar-refractivity contribution in [3.63, 3.8) is 0 Å². The van der Waals surface area contributed by atoms with E-state index in [1.807, 2.05) is 25.1 Å². The minimum atomic E-state index is 0.533. The fourth-order valence-electron chi connectivity index (χ4n) is 1.83. The summed E-state index contributed by atoms with van der Waals surface area (Å²) in [7, 11) is 1.62. The molecule has 0 radical (unpaired) electrons. The van der Waals surface area contributed by atoms with Gasteiger partial charge in [0.05, 0.1) is 7.11 Å². The number of hydrogen-bond donors (Lipinski definition) is 0. The van der Waals surface area contributed by atoms with Gasteiger partial charge in [0.25, 0.3) is 0 Å². The van der Waals surface area contributed by atoms with Gasteiger partial charge in [-0.15, -0.1) is 0 Å². The molecular weight excluding hydrogens is 204 g/mol. The van der Waals surface area contributed by atoms with Crippen molar-refractivity contribution >= 4 is 17.3 Å². The molecule has 0 N–H and O–H groups in total. The van der Waals surface area contributed by atoms with Crippen molar-refractivity contribution < 1.29 is 13.9 Å². The second kappa shape index (κ2) is 4.39. The molecule has 3 heteroatoms. The number of carbonyl (C=O) groups excluding carboxylic acids is 1. The van der Waals surface area contributed by atoms with Crippen molar-refractivity contribution in [1.29, 1.82) is 0 Å². The van der Waals surface area contributed by atoms with Gasteiger partial charge >= 0.3 is 0 Å². The van der Waals surface area contributed by atoms with Crippen molar-refractivity contribution in [2.75, 3.05) is 7.11 Å². The van der Waals surface area contributed by atoms with E-state index in [1.54, 1.807) is 7.11 Å². The number of hydrogen-bond acceptors (Lipinski definition) is 3. The average Bonchev–Trinajstić information content (AvgIpc) is 2.65. The number of aldehydes is 1. The van der Waals surface area contributed by atoms with E-state index in [2.05, 4.69) is 0 Å². The largest absolute Gasteiger partial charge is 0.493 e. The van der Waals surface area contributed by atoms with E-state index in [0.29, 0.717) is 6.42 Å². The van der Waals surface area contributed by atoms with Crippen LogP contribution in [0.25, 0.3) is 11.0 Å². The molecule has 0 aliphatic heterocycles. The van der Waals surface area contributed by atoms with E-state index >= 15 is 0 Å². The first-order chi connectivity index (χ1) is 7.74. The first kappa shape index (κ1) is 10.7. The number of furan rings is 1. The van der Waals surface area contributed by atoms with Crippen LogP contribution in [0.1, 0.15) is 17.7 Å². The van der Waals surface area contributed by atoms with Gasteiger partial charge in [0.1, 0.15) is 12.0 Å². The zero-order chi connectivity index (χ0) is 11.5. The number of benzene rings is 1. The van der Waals surface area contributed by atoms with Gasteiger partial charge in [0.2, 0.25) is 0 Å². The summed E-state index contributed by atoms with van der Waals surface area (Å²) >= 11 is 0. The Balaban J connectivity index is 2.49. The molecule has 84 valence electrons. The molecule has 1 heterocycles. The lowest BCUT2D eigenvalue weighted by molar-refractivity contribution is -0.107. The molecule has 0 saturated carbocycles. The van der Waals surface area contributed by atoms with E-state index in [-0.39, 0.29) is 0 Å². The smallest absolute Gasteiger partial charge is 0.176 e. The lowest BCUT2D eigenvalue weighted by atomic mass is 10.1. The van der Waals surface area contributed by atoms with Crippen LogP contribution in [-0.2, 0) is 11.2 Å². The Kier molecular flexibility index (Phi) is 2.95. The Morgan fingerprint density at radius 3 is 2.88 bits per heavy atom. The van der Waals surface area contributed by atoms with Crippen molar-refractivity contribution in [3.05, 3.63) is 29.5 Å². The van der Waals surface area contributed by atoms with Gasteiger partial charge in [-0.2, -0.15) is 0 Å². The molecule has 0 aliphatic rings. The Labute approximate surface area is 94.0 Å². The fourth-order valence-corrected chi connectivity index (χ4v) is 1.83. The third kappa shape index (κ3) is 1.94. The summed E-state index contributed by atoms with van der Waals surface area (Å²) < 4.78 is 10.8. The number of methoxy groups -OCH3 is 1. The van der Waals surface area contributed by atoms with Crippen molar-refractivity contribution in [2.24, 2.45) is 0 Å². The standard InChI is InChI=1S/C13H14O3/c1-9-6-11-7-10(4-3-5-14)8-12(15-2)13(11)16-9/h5-8H,3-4H2,1-2H3. The van der Waals surface area contributed by atoms with E-state index in [4.69, 9.17) is 9.15 Å². The maximum absolute atomic E-state index is 10.4. The molecule has 0 unspecified atom stereocenters. The van der Waals surface area contributed by atoms with Crippen LogP contribution in [0, 0.1) is 6.92 Å². The molecule has 2 aromatic rings. The van der Waals surface area contributed by atoms with Gasteiger partial charge in [-0.1, -0.05) is 0 Å². The first-order valence-electron chi connectivity index (χ1n) is 5.25. The highest BCUT2D eigenvalue weighted by molar-refractivity contribution is 5.84. The fraction of sp³-hybridized carbons (Fsp3) is 0.308. The topological polar surface area (TPSA) is 39.4 Å². The van der Waals surface area contributed by atoms with Gasteiger partial charge in [-0.25, -0.2) is 0 Å². The van der Waals surface area contributed by atoms with Gasteiger partial charge in [-0.05, 0) is 37.1 Å². The van der Waals surface area contributed by atoms with Crippen LogP contribution in [0.15, 0.2) is 22.6 Å². The van der Waals surface area contributed by atoms with Crippen LogP contribution in [0.2, 0.25) is 0 Å². The van der Waals surface area contributed by atoms with Crippen LogP contribution in [0.4, 0.5) is 0 Å². The van der Waals surface area contributed by atoms with E-state index in [1.165, 1.54) is 0 Å². The zero-order valence-corrected chi connectivity index (χ0v) is 9.45. The second-order valence-corrected chi connectivity index (χ2v) is 3.78. The van der Waals surface area contributed by atoms with E-state index in [0.717, 1.165) is 40.7 Å². The predicted molar refractivity (Wildman–Crippen MR) is 61.9 cm³/mol. The Hall–Kier alpha value is -1.77. The summed E-state index contributed by atoms with van der Waals surface area (Å²) in [5.74, 6) is 1.59. The molecule has 0 atom stereocenters. The number of fused-ring (bicyclic) bond motifs is 1. The lowest BCUT2D eigenvalue weighted by Crippen LogP contribution is -1.89. The molecule has 3 nitrogen and oxygen atoms in total. The minimum absolute atomic E-state index is 0.533. The van der Waals surface area contributed by atoms with Crippen LogP contribution < -0.4 is 4.74 Å². The Bertz CT molecular complexity index is 511. The highest BCUT2D eigenvalue weighted by Gasteiger charge is 2.09. The number of aryl methyl sites for hydroxylation is 2. The second-order valence-electron chi connectivity index (χ2n) is 3.78. The summed E-state index contributed by atoms with van der Waals surface area (Å²) in [4.78, 5) is 10.4. The Morgan fingerprint density at radius 2 is 2.19 bits per heavy atom. The maximum Gasteiger partial charge on any atom is 0.176 e. The number of ether oxygens (including phenoxy) is 1. The van der Waals surface area contributed by atoms with Crippen molar-refractivity contribution in [1.82, 2.24) is 0 Å². The molecule has 0 bridgehead atoms. The molecule has 1 aromatic heterocycles. The number of rotatable bonds is 4. The van der Waals surface area contributed by atoms with Gasteiger partial charge in [-0.3, -0.25) is 0 Å². The van der Waals surface area contributed by atoms with Gasteiger partial charge in [0, 0.05) is 11.8 Å². The molecule has 2 rings (SSSR count). The van der Waals surface area contributed by atoms with Crippen LogP contribution >= 0.6 is 0 Å². The molecule has 0 amide bonds. The summed E-state index contributed by atoms with van der Waals surface area (Å²) in [6.07, 6.45) is 2.20.